The smallest absolute Gasteiger partial charge is 0.383 e. The standard InChI is InChI=1S/C22H28F5NO/c1-18-11-13(12-28)3-4-14(18)5-6-15-16(18)7-9-19(2)17(15)8-10-20(19,29)21(23,24)22(25,26)27/h3,14-17,29H,4-11H2,1-2H3/t14-,15?,16?,17?,18-,19-,20-/m0/s1. The maximum atomic E-state index is 14.5. The Hall–Kier alpha value is -1.16. The van der Waals surface area contributed by atoms with Crippen LogP contribution in [-0.4, -0.2) is 22.8 Å². The molecule has 3 unspecified atom stereocenters. The average Bonchev–Trinajstić information content (AvgIpc) is 2.92. The summed E-state index contributed by atoms with van der Waals surface area (Å²) in [5.41, 5.74) is -3.89. The molecule has 3 fully saturated rings. The summed E-state index contributed by atoms with van der Waals surface area (Å²) in [6.07, 6.45) is -0.220. The van der Waals surface area contributed by atoms with Gasteiger partial charge in [0.05, 0.1) is 6.07 Å². The molecule has 2 nitrogen and oxygen atoms in total. The molecule has 4 aliphatic rings. The summed E-state index contributed by atoms with van der Waals surface area (Å²) in [5.74, 6) is -4.85. The number of aliphatic hydroxyl groups is 1. The summed E-state index contributed by atoms with van der Waals surface area (Å²) in [7, 11) is 0. The third-order valence-electron chi connectivity index (χ3n) is 9.46. The van der Waals surface area contributed by atoms with Gasteiger partial charge in [-0.15, -0.1) is 0 Å². The van der Waals surface area contributed by atoms with Crippen LogP contribution in [0.25, 0.3) is 0 Å². The Bertz CT molecular complexity index is 770. The second-order valence-corrected chi connectivity index (χ2v) is 10.3. The van der Waals surface area contributed by atoms with E-state index in [1.165, 1.54) is 6.92 Å². The number of alkyl halides is 5. The quantitative estimate of drug-likeness (QED) is 0.531. The highest BCUT2D eigenvalue weighted by molar-refractivity contribution is 5.28. The van der Waals surface area contributed by atoms with Gasteiger partial charge in [-0.2, -0.15) is 27.2 Å². The molecular weight excluding hydrogens is 389 g/mol. The lowest BCUT2D eigenvalue weighted by Gasteiger charge is -2.61. The van der Waals surface area contributed by atoms with Crippen LogP contribution < -0.4 is 0 Å². The molecule has 0 aliphatic heterocycles. The molecule has 1 N–H and O–H groups in total. The Morgan fingerprint density at radius 2 is 1.69 bits per heavy atom. The molecule has 7 atom stereocenters. The van der Waals surface area contributed by atoms with E-state index in [1.807, 2.05) is 6.08 Å². The summed E-state index contributed by atoms with van der Waals surface area (Å²) >= 11 is 0. The lowest BCUT2D eigenvalue weighted by atomic mass is 9.44. The molecule has 0 aromatic heterocycles. The van der Waals surface area contributed by atoms with Gasteiger partial charge in [-0.05, 0) is 80.5 Å². The van der Waals surface area contributed by atoms with E-state index in [2.05, 4.69) is 13.0 Å². The molecular formula is C22H28F5NO. The molecule has 0 aromatic carbocycles. The van der Waals surface area contributed by atoms with Crippen molar-refractivity contribution in [3.8, 4) is 6.07 Å². The topological polar surface area (TPSA) is 44.0 Å². The number of nitriles is 1. The van der Waals surface area contributed by atoms with Crippen LogP contribution in [0.4, 0.5) is 22.0 Å². The van der Waals surface area contributed by atoms with Crippen molar-refractivity contribution in [3.63, 3.8) is 0 Å². The van der Waals surface area contributed by atoms with Gasteiger partial charge in [0.1, 0.15) is 5.60 Å². The van der Waals surface area contributed by atoms with Crippen molar-refractivity contribution in [2.45, 2.75) is 82.9 Å². The van der Waals surface area contributed by atoms with Crippen molar-refractivity contribution < 1.29 is 27.1 Å². The van der Waals surface area contributed by atoms with Crippen LogP contribution >= 0.6 is 0 Å². The predicted molar refractivity (Wildman–Crippen MR) is 96.8 cm³/mol. The van der Waals surface area contributed by atoms with Crippen molar-refractivity contribution in [2.24, 2.45) is 34.5 Å². The van der Waals surface area contributed by atoms with Gasteiger partial charge < -0.3 is 5.11 Å². The fraction of sp³-hybridized carbons (Fsp3) is 0.864. The Morgan fingerprint density at radius 1 is 1.03 bits per heavy atom. The van der Waals surface area contributed by atoms with Crippen molar-refractivity contribution in [1.82, 2.24) is 0 Å². The van der Waals surface area contributed by atoms with Crippen LogP contribution in [0.5, 0.6) is 0 Å². The lowest BCUT2D eigenvalue weighted by Crippen LogP contribution is -2.65. The molecule has 4 rings (SSSR count). The first-order chi connectivity index (χ1) is 13.3. The molecule has 7 heteroatoms. The number of rotatable bonds is 1. The maximum Gasteiger partial charge on any atom is 0.456 e. The normalized spacial score (nSPS) is 47.5. The van der Waals surface area contributed by atoms with E-state index in [9.17, 15) is 32.3 Å². The molecule has 0 saturated heterocycles. The highest BCUT2D eigenvalue weighted by atomic mass is 19.4. The van der Waals surface area contributed by atoms with Gasteiger partial charge in [0.15, 0.2) is 0 Å². The molecule has 162 valence electrons. The second kappa shape index (κ2) is 6.18. The summed E-state index contributed by atoms with van der Waals surface area (Å²) in [6, 6.07) is 2.26. The van der Waals surface area contributed by atoms with E-state index < -0.39 is 29.5 Å². The van der Waals surface area contributed by atoms with Crippen LogP contribution in [-0.2, 0) is 0 Å². The minimum absolute atomic E-state index is 0.0195. The van der Waals surface area contributed by atoms with E-state index in [1.54, 1.807) is 0 Å². The molecule has 0 heterocycles. The SMILES string of the molecule is C[C@]12CCC3C(CC[C@@H]4CC=C(C#N)C[C@]34C)C1CC[C@@]2(O)C(F)(F)C(F)(F)F. The highest BCUT2D eigenvalue weighted by Gasteiger charge is 2.79. The van der Waals surface area contributed by atoms with Crippen molar-refractivity contribution in [1.29, 1.82) is 5.26 Å². The minimum atomic E-state index is -5.77. The van der Waals surface area contributed by atoms with E-state index in [0.717, 1.165) is 24.8 Å². The van der Waals surface area contributed by atoms with E-state index in [0.29, 0.717) is 18.8 Å². The Morgan fingerprint density at radius 3 is 2.31 bits per heavy atom. The molecule has 0 aromatic rings. The Kier molecular flexibility index (Phi) is 4.50. The minimum Gasteiger partial charge on any atom is -0.383 e. The molecule has 0 amide bonds. The van der Waals surface area contributed by atoms with E-state index >= 15 is 0 Å². The van der Waals surface area contributed by atoms with Gasteiger partial charge in [-0.25, -0.2) is 0 Å². The zero-order chi connectivity index (χ0) is 21.5. The molecule has 0 spiro atoms. The molecule has 4 aliphatic carbocycles. The monoisotopic (exact) mass is 417 g/mol. The van der Waals surface area contributed by atoms with Crippen molar-refractivity contribution in [3.05, 3.63) is 11.6 Å². The summed E-state index contributed by atoms with van der Waals surface area (Å²) in [4.78, 5) is 0. The average molecular weight is 417 g/mol. The van der Waals surface area contributed by atoms with Gasteiger partial charge in [-0.1, -0.05) is 19.9 Å². The molecule has 0 bridgehead atoms. The fourth-order valence-corrected chi connectivity index (χ4v) is 7.82. The first-order valence-corrected chi connectivity index (χ1v) is 10.6. The second-order valence-electron chi connectivity index (χ2n) is 10.3. The number of hydrogen-bond donors (Lipinski definition) is 1. The zero-order valence-corrected chi connectivity index (χ0v) is 16.8. The number of allylic oxidation sites excluding steroid dienone is 2. The maximum absolute atomic E-state index is 14.5. The Labute approximate surface area is 168 Å². The van der Waals surface area contributed by atoms with Gasteiger partial charge in [0, 0.05) is 11.0 Å². The summed E-state index contributed by atoms with van der Waals surface area (Å²) in [6.45, 7) is 3.63. The van der Waals surface area contributed by atoms with Crippen molar-refractivity contribution in [2.75, 3.05) is 0 Å². The van der Waals surface area contributed by atoms with Gasteiger partial charge >= 0.3 is 12.1 Å². The first kappa shape index (κ1) is 21.1. The van der Waals surface area contributed by atoms with Gasteiger partial charge in [0.25, 0.3) is 0 Å². The van der Waals surface area contributed by atoms with Crippen molar-refractivity contribution >= 4 is 0 Å². The first-order valence-electron chi connectivity index (χ1n) is 10.6. The zero-order valence-electron chi connectivity index (χ0n) is 16.8. The lowest BCUT2D eigenvalue weighted by molar-refractivity contribution is -0.364. The third kappa shape index (κ3) is 2.53. The van der Waals surface area contributed by atoms with Crippen LogP contribution in [0.15, 0.2) is 11.6 Å². The van der Waals surface area contributed by atoms with Gasteiger partial charge in [0.2, 0.25) is 0 Å². The van der Waals surface area contributed by atoms with Crippen LogP contribution in [0, 0.1) is 45.8 Å². The molecule has 3 saturated carbocycles. The fourth-order valence-electron chi connectivity index (χ4n) is 7.82. The third-order valence-corrected chi connectivity index (χ3v) is 9.46. The van der Waals surface area contributed by atoms with Gasteiger partial charge in [-0.3, -0.25) is 0 Å². The van der Waals surface area contributed by atoms with E-state index in [-0.39, 0.29) is 36.0 Å². The van der Waals surface area contributed by atoms with Crippen LogP contribution in [0.2, 0.25) is 0 Å². The van der Waals surface area contributed by atoms with E-state index in [4.69, 9.17) is 0 Å². The number of fused-ring (bicyclic) bond motifs is 5. The predicted octanol–water partition coefficient (Wildman–Crippen LogP) is 6.02. The number of hydrogen-bond acceptors (Lipinski definition) is 2. The molecule has 29 heavy (non-hydrogen) atoms. The van der Waals surface area contributed by atoms with Crippen LogP contribution in [0.1, 0.15) is 65.2 Å². The highest BCUT2D eigenvalue weighted by Crippen LogP contribution is 2.71. The number of halogens is 5. The Balaban J connectivity index is 1.68. The largest absolute Gasteiger partial charge is 0.456 e. The number of nitrogens with zero attached hydrogens (tertiary/aromatic N) is 1. The molecule has 0 radical (unpaired) electrons. The van der Waals surface area contributed by atoms with Crippen LogP contribution in [0.3, 0.4) is 0 Å². The summed E-state index contributed by atoms with van der Waals surface area (Å²) in [5, 5.41) is 20.2. The summed E-state index contributed by atoms with van der Waals surface area (Å²) < 4.78 is 68.6.